The highest BCUT2D eigenvalue weighted by Gasteiger charge is 2.24. The van der Waals surface area contributed by atoms with E-state index in [1.54, 1.807) is 7.11 Å². The summed E-state index contributed by atoms with van der Waals surface area (Å²) in [6.45, 7) is 3.50. The smallest absolute Gasteiger partial charge is 0.124 e. The topological polar surface area (TPSA) is 24.5 Å². The number of hydrogen-bond donors (Lipinski definition) is 1. The molecule has 1 aromatic rings. The molecule has 1 aliphatic heterocycles. The van der Waals surface area contributed by atoms with Crippen molar-refractivity contribution in [2.75, 3.05) is 40.0 Å². The number of hydrogen-bond acceptors (Lipinski definition) is 3. The normalized spacial score (nSPS) is 18.3. The van der Waals surface area contributed by atoms with Gasteiger partial charge in [0.05, 0.1) is 13.8 Å². The van der Waals surface area contributed by atoms with Crippen molar-refractivity contribution in [3.63, 3.8) is 0 Å². The summed E-state index contributed by atoms with van der Waals surface area (Å²) in [5.41, 5.74) is 1.07. The monoisotopic (exact) mass is 330 g/mol. The Labute approximate surface area is 122 Å². The summed E-state index contributed by atoms with van der Waals surface area (Å²) in [5, 5.41) is 3.33. The van der Waals surface area contributed by atoms with Crippen LogP contribution in [-0.4, -0.2) is 44.9 Å². The first kappa shape index (κ1) is 14.8. The number of methoxy groups -OCH3 is 1. The second-order valence-electron chi connectivity index (χ2n) is 4.67. The third kappa shape index (κ3) is 3.68. The van der Waals surface area contributed by atoms with E-state index in [9.17, 15) is 4.39 Å². The Kier molecular flexibility index (Phi) is 5.60. The van der Waals surface area contributed by atoms with Gasteiger partial charge in [0.15, 0.2) is 0 Å². The summed E-state index contributed by atoms with van der Waals surface area (Å²) < 4.78 is 19.3. The Bertz CT molecular complexity index is 410. The molecule has 0 unspecified atom stereocenters. The van der Waals surface area contributed by atoms with E-state index < -0.39 is 0 Å². The second-order valence-corrected chi connectivity index (χ2v) is 5.58. The average molecular weight is 331 g/mol. The van der Waals surface area contributed by atoms with Crippen molar-refractivity contribution in [2.24, 2.45) is 0 Å². The molecule has 0 amide bonds. The maximum atomic E-state index is 12.9. The lowest BCUT2D eigenvalue weighted by Gasteiger charge is -2.35. The molecule has 1 N–H and O–H groups in total. The highest BCUT2D eigenvalue weighted by molar-refractivity contribution is 9.10. The minimum Gasteiger partial charge on any atom is -0.496 e. The van der Waals surface area contributed by atoms with Crippen LogP contribution in [0.15, 0.2) is 22.7 Å². The molecule has 0 aromatic heterocycles. The molecule has 1 saturated heterocycles. The van der Waals surface area contributed by atoms with Gasteiger partial charge in [-0.25, -0.2) is 0 Å². The van der Waals surface area contributed by atoms with Crippen molar-refractivity contribution in [3.05, 3.63) is 28.2 Å². The minimum absolute atomic E-state index is 0.0927. The average Bonchev–Trinajstić information content (AvgIpc) is 2.46. The fourth-order valence-electron chi connectivity index (χ4n) is 2.59. The van der Waals surface area contributed by atoms with Crippen LogP contribution >= 0.6 is 15.9 Å². The summed E-state index contributed by atoms with van der Waals surface area (Å²) in [5.74, 6) is 0.825. The van der Waals surface area contributed by atoms with Gasteiger partial charge >= 0.3 is 0 Å². The zero-order valence-corrected chi connectivity index (χ0v) is 12.7. The maximum absolute atomic E-state index is 12.9. The van der Waals surface area contributed by atoms with E-state index in [-0.39, 0.29) is 12.7 Å². The van der Waals surface area contributed by atoms with Crippen LogP contribution in [0.5, 0.6) is 5.75 Å². The summed E-state index contributed by atoms with van der Waals surface area (Å²) in [6.07, 6.45) is 0.512. The van der Waals surface area contributed by atoms with Crippen molar-refractivity contribution in [3.8, 4) is 5.75 Å². The van der Waals surface area contributed by atoms with E-state index in [2.05, 4.69) is 26.1 Å². The third-order valence-electron chi connectivity index (χ3n) is 3.53. The fourth-order valence-corrected chi connectivity index (χ4v) is 2.93. The summed E-state index contributed by atoms with van der Waals surface area (Å²) >= 11 is 3.44. The number of piperazine rings is 1. The molecule has 2 rings (SSSR count). The number of ether oxygens (including phenoxy) is 1. The Morgan fingerprint density at radius 3 is 2.79 bits per heavy atom. The molecule has 5 heteroatoms. The summed E-state index contributed by atoms with van der Waals surface area (Å²) in [4.78, 5) is 2.34. The number of nitrogens with zero attached hydrogens (tertiary/aromatic N) is 1. The van der Waals surface area contributed by atoms with Gasteiger partial charge in [0, 0.05) is 42.3 Å². The van der Waals surface area contributed by atoms with Crippen LogP contribution in [-0.2, 0) is 0 Å². The Morgan fingerprint density at radius 1 is 1.42 bits per heavy atom. The van der Waals surface area contributed by atoms with E-state index in [4.69, 9.17) is 4.74 Å². The first-order chi connectivity index (χ1) is 9.26. The zero-order chi connectivity index (χ0) is 13.7. The van der Waals surface area contributed by atoms with E-state index in [0.717, 1.165) is 42.0 Å². The molecule has 1 fully saturated rings. The van der Waals surface area contributed by atoms with Crippen LogP contribution in [0.4, 0.5) is 4.39 Å². The van der Waals surface area contributed by atoms with Crippen molar-refractivity contribution in [1.29, 1.82) is 0 Å². The number of alkyl halides is 1. The molecule has 0 saturated carbocycles. The number of rotatable bonds is 5. The standard InChI is InChI=1S/C14H20BrFN2O/c1-19-14-10-11(15)2-3-12(14)13(4-5-16)18-8-6-17-7-9-18/h2-3,10,13,17H,4-9H2,1H3/t13-/m0/s1. The molecule has 19 heavy (non-hydrogen) atoms. The van der Waals surface area contributed by atoms with Crippen molar-refractivity contribution in [2.45, 2.75) is 12.5 Å². The van der Waals surface area contributed by atoms with E-state index in [1.807, 2.05) is 18.2 Å². The maximum Gasteiger partial charge on any atom is 0.124 e. The lowest BCUT2D eigenvalue weighted by Crippen LogP contribution is -2.45. The Balaban J connectivity index is 2.26. The highest BCUT2D eigenvalue weighted by atomic mass is 79.9. The molecule has 106 valence electrons. The van der Waals surface area contributed by atoms with E-state index >= 15 is 0 Å². The van der Waals surface area contributed by atoms with Gasteiger partial charge in [-0.15, -0.1) is 0 Å². The largest absolute Gasteiger partial charge is 0.496 e. The first-order valence-electron chi connectivity index (χ1n) is 6.60. The Morgan fingerprint density at radius 2 is 2.16 bits per heavy atom. The molecule has 1 heterocycles. The molecule has 3 nitrogen and oxygen atoms in total. The highest BCUT2D eigenvalue weighted by Crippen LogP contribution is 2.34. The fraction of sp³-hybridized carbons (Fsp3) is 0.571. The van der Waals surface area contributed by atoms with Gasteiger partial charge in [-0.3, -0.25) is 9.29 Å². The van der Waals surface area contributed by atoms with E-state index in [0.29, 0.717) is 6.42 Å². The van der Waals surface area contributed by atoms with Crippen molar-refractivity contribution < 1.29 is 9.13 Å². The third-order valence-corrected chi connectivity index (χ3v) is 4.02. The van der Waals surface area contributed by atoms with Crippen LogP contribution in [0.2, 0.25) is 0 Å². The zero-order valence-electron chi connectivity index (χ0n) is 11.2. The van der Waals surface area contributed by atoms with Gasteiger partial charge in [-0.05, 0) is 18.6 Å². The molecule has 0 radical (unpaired) electrons. The molecule has 1 aromatic carbocycles. The van der Waals surface area contributed by atoms with Gasteiger partial charge in [-0.2, -0.15) is 0 Å². The van der Waals surface area contributed by atoms with Gasteiger partial charge in [0.2, 0.25) is 0 Å². The quantitative estimate of drug-likeness (QED) is 0.898. The van der Waals surface area contributed by atoms with Crippen LogP contribution in [0, 0.1) is 0 Å². The van der Waals surface area contributed by atoms with Crippen LogP contribution in [0.3, 0.4) is 0 Å². The van der Waals surface area contributed by atoms with Gasteiger partial charge < -0.3 is 10.1 Å². The minimum atomic E-state index is -0.312. The number of benzene rings is 1. The van der Waals surface area contributed by atoms with E-state index in [1.165, 1.54) is 0 Å². The van der Waals surface area contributed by atoms with Gasteiger partial charge in [0.25, 0.3) is 0 Å². The predicted octanol–water partition coefficient (Wildman–Crippen LogP) is 2.76. The molecule has 0 bridgehead atoms. The predicted molar refractivity (Wildman–Crippen MR) is 78.5 cm³/mol. The summed E-state index contributed by atoms with van der Waals surface area (Å²) in [6, 6.07) is 6.06. The van der Waals surface area contributed by atoms with Crippen LogP contribution in [0.25, 0.3) is 0 Å². The molecular formula is C14H20BrFN2O. The van der Waals surface area contributed by atoms with Gasteiger partial charge in [-0.1, -0.05) is 22.0 Å². The van der Waals surface area contributed by atoms with Gasteiger partial charge in [0.1, 0.15) is 5.75 Å². The molecule has 1 aliphatic rings. The number of nitrogens with one attached hydrogen (secondary N) is 1. The van der Waals surface area contributed by atoms with Crippen LogP contribution in [0.1, 0.15) is 18.0 Å². The molecule has 0 spiro atoms. The molecular weight excluding hydrogens is 311 g/mol. The van der Waals surface area contributed by atoms with Crippen molar-refractivity contribution in [1.82, 2.24) is 10.2 Å². The molecule has 0 aliphatic carbocycles. The van der Waals surface area contributed by atoms with Crippen LogP contribution < -0.4 is 10.1 Å². The SMILES string of the molecule is COc1cc(Br)ccc1[C@H](CCF)N1CCNCC1. The number of halogens is 2. The first-order valence-corrected chi connectivity index (χ1v) is 7.39. The summed E-state index contributed by atoms with van der Waals surface area (Å²) in [7, 11) is 1.66. The lowest BCUT2D eigenvalue weighted by atomic mass is 10.0. The Hall–Kier alpha value is -0.650. The second kappa shape index (κ2) is 7.22. The lowest BCUT2D eigenvalue weighted by molar-refractivity contribution is 0.155. The van der Waals surface area contributed by atoms with Crippen molar-refractivity contribution >= 4 is 15.9 Å². The molecule has 1 atom stereocenters.